The van der Waals surface area contributed by atoms with Gasteiger partial charge in [-0.15, -0.1) is 0 Å². The summed E-state index contributed by atoms with van der Waals surface area (Å²) >= 11 is 5.51. The van der Waals surface area contributed by atoms with Gasteiger partial charge in [0.2, 0.25) is 0 Å². The monoisotopic (exact) mass is 272 g/mol. The van der Waals surface area contributed by atoms with E-state index in [1.165, 1.54) is 24.3 Å². The molecule has 1 aromatic heterocycles. The Kier molecular flexibility index (Phi) is 3.70. The van der Waals surface area contributed by atoms with Gasteiger partial charge in [-0.05, 0) is 46.7 Å². The van der Waals surface area contributed by atoms with Crippen molar-refractivity contribution in [2.24, 2.45) is 0 Å². The van der Waals surface area contributed by atoms with Crippen molar-refractivity contribution >= 4 is 33.5 Å². The quantitative estimate of drug-likeness (QED) is 0.896. The highest BCUT2D eigenvalue weighted by molar-refractivity contribution is 9.10. The summed E-state index contributed by atoms with van der Waals surface area (Å²) in [5.41, 5.74) is 0. The Morgan fingerprint density at radius 1 is 1.57 bits per heavy atom. The molecule has 1 N–H and O–H groups in total. The molecule has 1 aliphatic rings. The van der Waals surface area contributed by atoms with Gasteiger partial charge in [0.15, 0.2) is 0 Å². The van der Waals surface area contributed by atoms with Crippen LogP contribution in [-0.4, -0.2) is 22.5 Å². The minimum Gasteiger partial charge on any atom is -0.366 e. The van der Waals surface area contributed by atoms with E-state index in [4.69, 9.17) is 0 Å². The number of nitrogens with zero attached hydrogens (tertiary/aromatic N) is 1. The van der Waals surface area contributed by atoms with Crippen LogP contribution in [-0.2, 0) is 0 Å². The van der Waals surface area contributed by atoms with E-state index in [1.807, 2.05) is 30.1 Å². The molecule has 14 heavy (non-hydrogen) atoms. The van der Waals surface area contributed by atoms with Gasteiger partial charge in [-0.2, -0.15) is 11.8 Å². The van der Waals surface area contributed by atoms with Crippen molar-refractivity contribution in [1.29, 1.82) is 0 Å². The summed E-state index contributed by atoms with van der Waals surface area (Å²) in [5.74, 6) is 3.48. The van der Waals surface area contributed by atoms with Gasteiger partial charge < -0.3 is 5.32 Å². The van der Waals surface area contributed by atoms with Gasteiger partial charge in [-0.1, -0.05) is 0 Å². The van der Waals surface area contributed by atoms with Crippen molar-refractivity contribution in [3.05, 3.63) is 22.8 Å². The molecule has 0 aromatic carbocycles. The Hall–Kier alpha value is -0.220. The summed E-state index contributed by atoms with van der Waals surface area (Å²) in [6, 6.07) is 4.54. The van der Waals surface area contributed by atoms with E-state index in [9.17, 15) is 0 Å². The number of halogens is 1. The zero-order valence-electron chi connectivity index (χ0n) is 7.87. The lowest BCUT2D eigenvalue weighted by Crippen LogP contribution is -2.26. The molecule has 0 bridgehead atoms. The maximum absolute atomic E-state index is 4.31. The normalized spacial score (nSPS) is 21.9. The molecule has 0 aliphatic carbocycles. The smallest absolute Gasteiger partial charge is 0.140 e. The molecule has 4 heteroatoms. The summed E-state index contributed by atoms with van der Waals surface area (Å²) in [6.07, 6.45) is 4.39. The van der Waals surface area contributed by atoms with Gasteiger partial charge in [-0.3, -0.25) is 0 Å². The van der Waals surface area contributed by atoms with Gasteiger partial charge in [0.1, 0.15) is 5.82 Å². The van der Waals surface area contributed by atoms with Crippen molar-refractivity contribution in [1.82, 2.24) is 4.98 Å². The van der Waals surface area contributed by atoms with E-state index in [1.54, 1.807) is 0 Å². The van der Waals surface area contributed by atoms with Gasteiger partial charge in [-0.25, -0.2) is 4.98 Å². The second kappa shape index (κ2) is 5.03. The third kappa shape index (κ3) is 2.64. The largest absolute Gasteiger partial charge is 0.366 e. The Labute approximate surface area is 97.0 Å². The van der Waals surface area contributed by atoms with Crippen LogP contribution in [0.25, 0.3) is 0 Å². The summed E-state index contributed by atoms with van der Waals surface area (Å²) in [6.45, 7) is 0. The SMILES string of the molecule is Brc1cccnc1NC1CCCSC1. The van der Waals surface area contributed by atoms with Gasteiger partial charge in [0.25, 0.3) is 0 Å². The van der Waals surface area contributed by atoms with Crippen molar-refractivity contribution in [2.75, 3.05) is 16.8 Å². The zero-order valence-corrected chi connectivity index (χ0v) is 10.3. The molecule has 1 aliphatic heterocycles. The van der Waals surface area contributed by atoms with Crippen molar-refractivity contribution < 1.29 is 0 Å². The van der Waals surface area contributed by atoms with E-state index in [2.05, 4.69) is 26.2 Å². The van der Waals surface area contributed by atoms with Crippen molar-refractivity contribution in [2.45, 2.75) is 18.9 Å². The first kappa shape index (κ1) is 10.3. The first-order chi connectivity index (χ1) is 6.86. The molecule has 0 spiro atoms. The first-order valence-corrected chi connectivity index (χ1v) is 6.76. The Bertz CT molecular complexity index is 300. The van der Waals surface area contributed by atoms with Crippen molar-refractivity contribution in [3.8, 4) is 0 Å². The average Bonchev–Trinajstić information content (AvgIpc) is 2.23. The van der Waals surface area contributed by atoms with E-state index < -0.39 is 0 Å². The number of anilines is 1. The maximum atomic E-state index is 4.31. The molecule has 2 nitrogen and oxygen atoms in total. The second-order valence-corrected chi connectivity index (χ2v) is 5.40. The number of nitrogens with one attached hydrogen (secondary N) is 1. The highest BCUT2D eigenvalue weighted by atomic mass is 79.9. The predicted octanol–water partition coefficient (Wildman–Crippen LogP) is 3.15. The van der Waals surface area contributed by atoms with Crippen LogP contribution in [0, 0.1) is 0 Å². The third-order valence-electron chi connectivity index (χ3n) is 2.26. The number of hydrogen-bond acceptors (Lipinski definition) is 3. The molecule has 76 valence electrons. The van der Waals surface area contributed by atoms with E-state index in [-0.39, 0.29) is 0 Å². The molecule has 2 rings (SSSR count). The minimum atomic E-state index is 0.583. The molecule has 1 atom stereocenters. The molecule has 1 saturated heterocycles. The van der Waals surface area contributed by atoms with Crippen LogP contribution in [0.2, 0.25) is 0 Å². The molecule has 0 radical (unpaired) electrons. The van der Waals surface area contributed by atoms with Crippen LogP contribution in [0.5, 0.6) is 0 Å². The van der Waals surface area contributed by atoms with Crippen LogP contribution in [0.15, 0.2) is 22.8 Å². The Balaban J connectivity index is 1.99. The zero-order chi connectivity index (χ0) is 9.80. The molecule has 0 amide bonds. The molecular formula is C10H13BrN2S. The summed E-state index contributed by atoms with van der Waals surface area (Å²) in [5, 5.41) is 3.47. The van der Waals surface area contributed by atoms with E-state index in [0.29, 0.717) is 6.04 Å². The van der Waals surface area contributed by atoms with E-state index in [0.717, 1.165) is 10.3 Å². The fourth-order valence-corrected chi connectivity index (χ4v) is 2.98. The fraction of sp³-hybridized carbons (Fsp3) is 0.500. The van der Waals surface area contributed by atoms with Crippen LogP contribution < -0.4 is 5.32 Å². The number of thioether (sulfide) groups is 1. The average molecular weight is 273 g/mol. The van der Waals surface area contributed by atoms with Crippen LogP contribution >= 0.6 is 27.7 Å². The highest BCUT2D eigenvalue weighted by Crippen LogP contribution is 2.24. The van der Waals surface area contributed by atoms with Crippen LogP contribution in [0.3, 0.4) is 0 Å². The van der Waals surface area contributed by atoms with Gasteiger partial charge in [0.05, 0.1) is 4.47 Å². The Morgan fingerprint density at radius 2 is 2.50 bits per heavy atom. The minimum absolute atomic E-state index is 0.583. The summed E-state index contributed by atoms with van der Waals surface area (Å²) in [7, 11) is 0. The molecule has 0 saturated carbocycles. The standard InChI is InChI=1S/C10H13BrN2S/c11-9-4-1-5-12-10(9)13-8-3-2-6-14-7-8/h1,4-5,8H,2-3,6-7H2,(H,12,13). The fourth-order valence-electron chi connectivity index (χ4n) is 1.54. The molecule has 1 unspecified atom stereocenters. The van der Waals surface area contributed by atoms with Crippen molar-refractivity contribution in [3.63, 3.8) is 0 Å². The molecule has 1 aromatic rings. The number of rotatable bonds is 2. The lowest BCUT2D eigenvalue weighted by molar-refractivity contribution is 0.682. The summed E-state index contributed by atoms with van der Waals surface area (Å²) in [4.78, 5) is 4.31. The number of aromatic nitrogens is 1. The van der Waals surface area contributed by atoms with Gasteiger partial charge in [0, 0.05) is 18.0 Å². The predicted molar refractivity (Wildman–Crippen MR) is 65.9 cm³/mol. The number of hydrogen-bond donors (Lipinski definition) is 1. The lowest BCUT2D eigenvalue weighted by Gasteiger charge is -2.23. The summed E-state index contributed by atoms with van der Waals surface area (Å²) < 4.78 is 1.05. The van der Waals surface area contributed by atoms with E-state index >= 15 is 0 Å². The highest BCUT2D eigenvalue weighted by Gasteiger charge is 2.14. The second-order valence-electron chi connectivity index (χ2n) is 3.39. The maximum Gasteiger partial charge on any atom is 0.140 e. The molecule has 2 heterocycles. The molecular weight excluding hydrogens is 260 g/mol. The lowest BCUT2D eigenvalue weighted by atomic mass is 10.2. The third-order valence-corrected chi connectivity index (χ3v) is 4.11. The Morgan fingerprint density at radius 3 is 3.21 bits per heavy atom. The van der Waals surface area contributed by atoms with Gasteiger partial charge >= 0.3 is 0 Å². The van der Waals surface area contributed by atoms with Crippen LogP contribution in [0.4, 0.5) is 5.82 Å². The number of pyridine rings is 1. The topological polar surface area (TPSA) is 24.9 Å². The molecule has 1 fully saturated rings. The van der Waals surface area contributed by atoms with Crippen LogP contribution in [0.1, 0.15) is 12.8 Å². The first-order valence-electron chi connectivity index (χ1n) is 4.81.